The fraction of sp³-hybridized carbons (Fsp3) is 0.538. The standard InChI is InChI=1S/C13H20O2S/c1-10(14)9-12(15)13(2,3)16-11-7-5-4-6-8-11/h4-8,10,12,14-15H,9H2,1-3H3/t10-,12+/m1/s1. The fourth-order valence-corrected chi connectivity index (χ4v) is 2.60. The number of thioether (sulfide) groups is 1. The molecule has 0 aliphatic carbocycles. The molecule has 0 aliphatic heterocycles. The van der Waals surface area contributed by atoms with Gasteiger partial charge in [0.1, 0.15) is 0 Å². The van der Waals surface area contributed by atoms with Gasteiger partial charge in [-0.3, -0.25) is 0 Å². The molecule has 0 amide bonds. The van der Waals surface area contributed by atoms with Crippen molar-refractivity contribution in [3.63, 3.8) is 0 Å². The third-order valence-electron chi connectivity index (χ3n) is 2.49. The molecule has 0 fully saturated rings. The van der Waals surface area contributed by atoms with Crippen LogP contribution < -0.4 is 0 Å². The summed E-state index contributed by atoms with van der Waals surface area (Å²) >= 11 is 1.63. The Morgan fingerprint density at radius 3 is 2.25 bits per heavy atom. The van der Waals surface area contributed by atoms with Gasteiger partial charge in [0, 0.05) is 16.1 Å². The number of rotatable bonds is 5. The van der Waals surface area contributed by atoms with Crippen molar-refractivity contribution in [2.45, 2.75) is 49.0 Å². The Kier molecular flexibility index (Phi) is 4.84. The van der Waals surface area contributed by atoms with E-state index in [4.69, 9.17) is 0 Å². The van der Waals surface area contributed by atoms with Crippen LogP contribution in [0.2, 0.25) is 0 Å². The summed E-state index contributed by atoms with van der Waals surface area (Å²) in [5.74, 6) is 0. The predicted octanol–water partition coefficient (Wildman–Crippen LogP) is 2.69. The summed E-state index contributed by atoms with van der Waals surface area (Å²) < 4.78 is -0.293. The first-order chi connectivity index (χ1) is 7.42. The highest BCUT2D eigenvalue weighted by atomic mass is 32.2. The smallest absolute Gasteiger partial charge is 0.0709 e. The van der Waals surface area contributed by atoms with Crippen LogP contribution in [-0.2, 0) is 0 Å². The van der Waals surface area contributed by atoms with Crippen molar-refractivity contribution >= 4 is 11.8 Å². The first kappa shape index (κ1) is 13.6. The van der Waals surface area contributed by atoms with E-state index >= 15 is 0 Å². The molecule has 0 saturated carbocycles. The molecule has 0 aliphatic rings. The lowest BCUT2D eigenvalue weighted by atomic mass is 10.0. The summed E-state index contributed by atoms with van der Waals surface area (Å²) in [5.41, 5.74) is 0. The van der Waals surface area contributed by atoms with Crippen LogP contribution in [0.3, 0.4) is 0 Å². The summed E-state index contributed by atoms with van der Waals surface area (Å²) in [6.45, 7) is 5.70. The van der Waals surface area contributed by atoms with E-state index in [0.717, 1.165) is 4.90 Å². The molecule has 0 unspecified atom stereocenters. The van der Waals surface area contributed by atoms with Crippen molar-refractivity contribution in [3.05, 3.63) is 30.3 Å². The number of benzene rings is 1. The van der Waals surface area contributed by atoms with Crippen LogP contribution in [-0.4, -0.2) is 27.2 Å². The maximum Gasteiger partial charge on any atom is 0.0709 e. The highest BCUT2D eigenvalue weighted by Gasteiger charge is 2.29. The van der Waals surface area contributed by atoms with Crippen LogP contribution in [0.25, 0.3) is 0 Å². The minimum atomic E-state index is -0.516. The predicted molar refractivity (Wildman–Crippen MR) is 68.7 cm³/mol. The SMILES string of the molecule is C[C@@H](O)C[C@H](O)C(C)(C)Sc1ccccc1. The van der Waals surface area contributed by atoms with Crippen molar-refractivity contribution in [2.24, 2.45) is 0 Å². The molecule has 1 rings (SSSR count). The van der Waals surface area contributed by atoms with Crippen molar-refractivity contribution < 1.29 is 10.2 Å². The van der Waals surface area contributed by atoms with Gasteiger partial charge in [-0.2, -0.15) is 0 Å². The van der Waals surface area contributed by atoms with Crippen LogP contribution >= 0.6 is 11.8 Å². The van der Waals surface area contributed by atoms with Gasteiger partial charge in [-0.25, -0.2) is 0 Å². The van der Waals surface area contributed by atoms with Gasteiger partial charge in [0.15, 0.2) is 0 Å². The van der Waals surface area contributed by atoms with Gasteiger partial charge < -0.3 is 10.2 Å². The molecule has 0 aromatic heterocycles. The van der Waals surface area contributed by atoms with E-state index < -0.39 is 12.2 Å². The largest absolute Gasteiger partial charge is 0.393 e. The van der Waals surface area contributed by atoms with Gasteiger partial charge in [-0.05, 0) is 32.9 Å². The average molecular weight is 240 g/mol. The number of hydrogen-bond acceptors (Lipinski definition) is 3. The van der Waals surface area contributed by atoms with Gasteiger partial charge in [0.25, 0.3) is 0 Å². The quantitative estimate of drug-likeness (QED) is 0.777. The fourth-order valence-electron chi connectivity index (χ4n) is 1.47. The minimum absolute atomic E-state index is 0.293. The molecule has 2 N–H and O–H groups in total. The zero-order valence-electron chi connectivity index (χ0n) is 10.1. The molecule has 0 heterocycles. The third-order valence-corrected chi connectivity index (χ3v) is 3.80. The van der Waals surface area contributed by atoms with Crippen LogP contribution in [0.1, 0.15) is 27.2 Å². The molecular weight excluding hydrogens is 220 g/mol. The van der Waals surface area contributed by atoms with Crippen LogP contribution in [0, 0.1) is 0 Å². The Balaban J connectivity index is 2.64. The topological polar surface area (TPSA) is 40.5 Å². The Hall–Kier alpha value is -0.510. The molecule has 16 heavy (non-hydrogen) atoms. The highest BCUT2D eigenvalue weighted by Crippen LogP contribution is 2.36. The molecule has 2 nitrogen and oxygen atoms in total. The summed E-state index contributed by atoms with van der Waals surface area (Å²) in [6, 6.07) is 10.0. The summed E-state index contributed by atoms with van der Waals surface area (Å²) in [4.78, 5) is 1.14. The molecule has 0 radical (unpaired) electrons. The molecule has 2 atom stereocenters. The van der Waals surface area contributed by atoms with E-state index in [0.29, 0.717) is 6.42 Å². The van der Waals surface area contributed by atoms with Gasteiger partial charge in [0.05, 0.1) is 12.2 Å². The van der Waals surface area contributed by atoms with E-state index in [9.17, 15) is 10.2 Å². The molecule has 1 aromatic carbocycles. The minimum Gasteiger partial charge on any atom is -0.393 e. The third kappa shape index (κ3) is 4.16. The number of aliphatic hydroxyl groups is 2. The Bertz CT molecular complexity index is 309. The zero-order valence-corrected chi connectivity index (χ0v) is 10.9. The number of hydrogen-bond donors (Lipinski definition) is 2. The summed E-state index contributed by atoms with van der Waals surface area (Å²) in [5, 5.41) is 19.3. The molecule has 0 saturated heterocycles. The maximum absolute atomic E-state index is 10.0. The second-order valence-electron chi connectivity index (χ2n) is 4.62. The normalized spacial score (nSPS) is 15.8. The van der Waals surface area contributed by atoms with E-state index in [-0.39, 0.29) is 4.75 Å². The van der Waals surface area contributed by atoms with E-state index in [1.54, 1.807) is 18.7 Å². The number of aliphatic hydroxyl groups excluding tert-OH is 2. The van der Waals surface area contributed by atoms with E-state index in [2.05, 4.69) is 0 Å². The van der Waals surface area contributed by atoms with Crippen LogP contribution in [0.15, 0.2) is 35.2 Å². The van der Waals surface area contributed by atoms with Crippen molar-refractivity contribution in [1.82, 2.24) is 0 Å². The van der Waals surface area contributed by atoms with Crippen LogP contribution in [0.5, 0.6) is 0 Å². The van der Waals surface area contributed by atoms with Crippen molar-refractivity contribution in [3.8, 4) is 0 Å². The lowest BCUT2D eigenvalue weighted by molar-refractivity contribution is 0.0720. The van der Waals surface area contributed by atoms with E-state index in [1.165, 1.54) is 0 Å². The van der Waals surface area contributed by atoms with Gasteiger partial charge in [0.2, 0.25) is 0 Å². The van der Waals surface area contributed by atoms with E-state index in [1.807, 2.05) is 44.2 Å². The lowest BCUT2D eigenvalue weighted by Gasteiger charge is -2.30. The second kappa shape index (κ2) is 5.71. The van der Waals surface area contributed by atoms with Gasteiger partial charge >= 0.3 is 0 Å². The molecule has 3 heteroatoms. The Morgan fingerprint density at radius 1 is 1.19 bits per heavy atom. The first-order valence-electron chi connectivity index (χ1n) is 5.52. The average Bonchev–Trinajstić information content (AvgIpc) is 2.17. The monoisotopic (exact) mass is 240 g/mol. The highest BCUT2D eigenvalue weighted by molar-refractivity contribution is 8.00. The first-order valence-corrected chi connectivity index (χ1v) is 6.33. The second-order valence-corrected chi connectivity index (χ2v) is 6.35. The Labute approximate surface area is 102 Å². The molecule has 0 spiro atoms. The van der Waals surface area contributed by atoms with Gasteiger partial charge in [-0.15, -0.1) is 11.8 Å². The molecule has 90 valence electrons. The van der Waals surface area contributed by atoms with Crippen molar-refractivity contribution in [2.75, 3.05) is 0 Å². The van der Waals surface area contributed by atoms with Crippen LogP contribution in [0.4, 0.5) is 0 Å². The lowest BCUT2D eigenvalue weighted by Crippen LogP contribution is -2.35. The Morgan fingerprint density at radius 2 is 1.75 bits per heavy atom. The zero-order chi connectivity index (χ0) is 12.2. The molecule has 1 aromatic rings. The van der Waals surface area contributed by atoms with Crippen molar-refractivity contribution in [1.29, 1.82) is 0 Å². The maximum atomic E-state index is 10.0. The molecule has 0 bridgehead atoms. The molecular formula is C13H20O2S. The van der Waals surface area contributed by atoms with Gasteiger partial charge in [-0.1, -0.05) is 18.2 Å². The summed E-state index contributed by atoms with van der Waals surface area (Å²) in [7, 11) is 0. The summed E-state index contributed by atoms with van der Waals surface area (Å²) in [6.07, 6.45) is -0.573.